The number of nitrogens with two attached hydrogens (primary N) is 1. The van der Waals surface area contributed by atoms with Gasteiger partial charge in [0.15, 0.2) is 5.69 Å². The van der Waals surface area contributed by atoms with E-state index in [-0.39, 0.29) is 5.69 Å². The molecule has 1 amide bonds. The molecule has 0 atom stereocenters. The van der Waals surface area contributed by atoms with Gasteiger partial charge in [0.1, 0.15) is 5.69 Å². The number of benzene rings is 1. The van der Waals surface area contributed by atoms with E-state index in [4.69, 9.17) is 5.73 Å². The van der Waals surface area contributed by atoms with Crippen LogP contribution in [0.2, 0.25) is 0 Å². The number of aromatic nitrogens is 3. The number of primary amides is 1. The normalized spacial score (nSPS) is 10.4. The molecule has 0 fully saturated rings. The summed E-state index contributed by atoms with van der Waals surface area (Å²) < 4.78 is 0.851. The first-order chi connectivity index (χ1) is 7.59. The van der Waals surface area contributed by atoms with Crippen LogP contribution in [0.5, 0.6) is 0 Å². The average Bonchev–Trinajstić information content (AvgIpc) is 2.66. The van der Waals surface area contributed by atoms with Crippen molar-refractivity contribution in [1.82, 2.24) is 15.4 Å². The summed E-state index contributed by atoms with van der Waals surface area (Å²) in [6.07, 6.45) is 0. The van der Waals surface area contributed by atoms with Crippen LogP contribution < -0.4 is 5.73 Å². The largest absolute Gasteiger partial charge is 0.364 e. The fourth-order valence-corrected chi connectivity index (χ4v) is 2.08. The van der Waals surface area contributed by atoms with Crippen molar-refractivity contribution >= 4 is 21.8 Å². The second-order valence-corrected chi connectivity index (χ2v) is 4.22. The summed E-state index contributed by atoms with van der Waals surface area (Å²) >= 11 is 3.42. The van der Waals surface area contributed by atoms with Crippen LogP contribution in [0.15, 0.2) is 22.7 Å². The molecular weight excluding hydrogens is 272 g/mol. The van der Waals surface area contributed by atoms with Gasteiger partial charge in [0, 0.05) is 10.0 Å². The molecule has 0 radical (unpaired) electrons. The third kappa shape index (κ3) is 1.83. The molecule has 0 aliphatic carbocycles. The minimum absolute atomic E-state index is 0.143. The third-order valence-corrected chi connectivity index (χ3v) is 2.82. The van der Waals surface area contributed by atoms with Gasteiger partial charge in [0.25, 0.3) is 5.91 Å². The van der Waals surface area contributed by atoms with Crippen LogP contribution in [0.1, 0.15) is 16.1 Å². The zero-order valence-corrected chi connectivity index (χ0v) is 10.1. The second kappa shape index (κ2) is 4.05. The molecule has 0 saturated heterocycles. The zero-order valence-electron chi connectivity index (χ0n) is 8.49. The summed E-state index contributed by atoms with van der Waals surface area (Å²) in [7, 11) is 0. The predicted molar refractivity (Wildman–Crippen MR) is 62.8 cm³/mol. The van der Waals surface area contributed by atoms with Gasteiger partial charge in [-0.25, -0.2) is 0 Å². The number of halogens is 1. The average molecular weight is 281 g/mol. The number of amides is 1. The van der Waals surface area contributed by atoms with Gasteiger partial charge in [-0.1, -0.05) is 28.1 Å². The Labute approximate surface area is 100 Å². The lowest BCUT2D eigenvalue weighted by atomic mass is 10.1. The van der Waals surface area contributed by atoms with Crippen molar-refractivity contribution in [1.29, 1.82) is 0 Å². The number of rotatable bonds is 2. The van der Waals surface area contributed by atoms with Crippen LogP contribution in [-0.2, 0) is 0 Å². The quantitative estimate of drug-likeness (QED) is 0.877. The van der Waals surface area contributed by atoms with E-state index in [0.717, 1.165) is 15.6 Å². The molecule has 1 heterocycles. The summed E-state index contributed by atoms with van der Waals surface area (Å²) in [6, 6.07) is 5.73. The van der Waals surface area contributed by atoms with Gasteiger partial charge >= 0.3 is 0 Å². The lowest BCUT2D eigenvalue weighted by Crippen LogP contribution is -2.12. The summed E-state index contributed by atoms with van der Waals surface area (Å²) in [5.41, 5.74) is 7.70. The summed E-state index contributed by atoms with van der Waals surface area (Å²) in [5.74, 6) is -0.601. The number of aromatic amines is 1. The SMILES string of the molecule is Cc1ccc(-c2n[nH]nc2C(N)=O)c(Br)c1. The van der Waals surface area contributed by atoms with E-state index in [9.17, 15) is 4.79 Å². The summed E-state index contributed by atoms with van der Waals surface area (Å²) in [6.45, 7) is 1.98. The minimum atomic E-state index is -0.601. The van der Waals surface area contributed by atoms with Crippen molar-refractivity contribution in [2.24, 2.45) is 5.73 Å². The van der Waals surface area contributed by atoms with Crippen molar-refractivity contribution in [3.8, 4) is 11.3 Å². The van der Waals surface area contributed by atoms with Crippen molar-refractivity contribution in [3.63, 3.8) is 0 Å². The molecule has 5 nitrogen and oxygen atoms in total. The smallest absolute Gasteiger partial charge is 0.271 e. The molecule has 2 aromatic rings. The fourth-order valence-electron chi connectivity index (χ4n) is 1.40. The first-order valence-corrected chi connectivity index (χ1v) is 5.36. The fraction of sp³-hybridized carbons (Fsp3) is 0.100. The maximum Gasteiger partial charge on any atom is 0.271 e. The lowest BCUT2D eigenvalue weighted by molar-refractivity contribution is 0.0996. The molecule has 0 saturated carbocycles. The van der Waals surface area contributed by atoms with Gasteiger partial charge in [-0.3, -0.25) is 4.79 Å². The molecule has 82 valence electrons. The minimum Gasteiger partial charge on any atom is -0.364 e. The molecule has 1 aromatic heterocycles. The van der Waals surface area contributed by atoms with Gasteiger partial charge in [0.2, 0.25) is 0 Å². The van der Waals surface area contributed by atoms with Crippen molar-refractivity contribution in [2.75, 3.05) is 0 Å². The molecule has 0 unspecified atom stereocenters. The molecule has 0 bridgehead atoms. The number of nitrogens with one attached hydrogen (secondary N) is 1. The number of carbonyl (C=O) groups is 1. The van der Waals surface area contributed by atoms with Gasteiger partial charge in [0.05, 0.1) is 0 Å². The third-order valence-electron chi connectivity index (χ3n) is 2.16. The number of hydrogen-bond acceptors (Lipinski definition) is 3. The van der Waals surface area contributed by atoms with Crippen LogP contribution in [0.25, 0.3) is 11.3 Å². The molecule has 0 spiro atoms. The van der Waals surface area contributed by atoms with Crippen LogP contribution in [0.3, 0.4) is 0 Å². The molecule has 2 rings (SSSR count). The highest BCUT2D eigenvalue weighted by molar-refractivity contribution is 9.10. The van der Waals surface area contributed by atoms with Crippen LogP contribution in [-0.4, -0.2) is 21.3 Å². The molecule has 6 heteroatoms. The molecule has 3 N–H and O–H groups in total. The van der Waals surface area contributed by atoms with Crippen molar-refractivity contribution in [2.45, 2.75) is 6.92 Å². The van der Waals surface area contributed by atoms with Gasteiger partial charge in [-0.05, 0) is 18.6 Å². The highest BCUT2D eigenvalue weighted by atomic mass is 79.9. The zero-order chi connectivity index (χ0) is 11.7. The Bertz CT molecular complexity index is 550. The van der Waals surface area contributed by atoms with E-state index >= 15 is 0 Å². The van der Waals surface area contributed by atoms with E-state index in [1.165, 1.54) is 0 Å². The maximum absolute atomic E-state index is 11.1. The molecular formula is C10H9BrN4O. The first kappa shape index (κ1) is 10.8. The van der Waals surface area contributed by atoms with E-state index in [1.54, 1.807) is 0 Å². The molecule has 0 aliphatic rings. The first-order valence-electron chi connectivity index (χ1n) is 4.56. The Morgan fingerprint density at radius 2 is 2.19 bits per heavy atom. The van der Waals surface area contributed by atoms with Gasteiger partial charge in [-0.2, -0.15) is 15.4 Å². The Morgan fingerprint density at radius 3 is 2.81 bits per heavy atom. The number of H-pyrrole nitrogens is 1. The Balaban J connectivity index is 2.59. The number of aryl methyl sites for hydroxylation is 1. The van der Waals surface area contributed by atoms with E-state index in [2.05, 4.69) is 31.3 Å². The van der Waals surface area contributed by atoms with E-state index in [1.807, 2.05) is 25.1 Å². The van der Waals surface area contributed by atoms with Crippen LogP contribution in [0.4, 0.5) is 0 Å². The number of hydrogen-bond donors (Lipinski definition) is 2. The molecule has 0 aliphatic heterocycles. The number of nitrogens with zero attached hydrogens (tertiary/aromatic N) is 2. The van der Waals surface area contributed by atoms with Crippen LogP contribution >= 0.6 is 15.9 Å². The topological polar surface area (TPSA) is 84.7 Å². The molecule has 16 heavy (non-hydrogen) atoms. The summed E-state index contributed by atoms with van der Waals surface area (Å²) in [5, 5.41) is 10.1. The predicted octanol–water partition coefficient (Wildman–Crippen LogP) is 1.64. The highest BCUT2D eigenvalue weighted by Crippen LogP contribution is 2.28. The van der Waals surface area contributed by atoms with Crippen molar-refractivity contribution in [3.05, 3.63) is 33.9 Å². The van der Waals surface area contributed by atoms with E-state index < -0.39 is 5.91 Å². The second-order valence-electron chi connectivity index (χ2n) is 3.37. The Kier molecular flexibility index (Phi) is 2.74. The van der Waals surface area contributed by atoms with Gasteiger partial charge < -0.3 is 5.73 Å². The van der Waals surface area contributed by atoms with Gasteiger partial charge in [-0.15, -0.1) is 0 Å². The monoisotopic (exact) mass is 280 g/mol. The molecule has 1 aromatic carbocycles. The van der Waals surface area contributed by atoms with Crippen LogP contribution in [0, 0.1) is 6.92 Å². The Morgan fingerprint density at radius 1 is 1.44 bits per heavy atom. The van der Waals surface area contributed by atoms with Crippen molar-refractivity contribution < 1.29 is 4.79 Å². The summed E-state index contributed by atoms with van der Waals surface area (Å²) in [4.78, 5) is 11.1. The van der Waals surface area contributed by atoms with E-state index in [0.29, 0.717) is 5.69 Å². The Hall–Kier alpha value is -1.69. The maximum atomic E-state index is 11.1. The number of carbonyl (C=O) groups excluding carboxylic acids is 1. The lowest BCUT2D eigenvalue weighted by Gasteiger charge is -2.02. The standard InChI is InChI=1S/C10H9BrN4O/c1-5-2-3-6(7(11)4-5)8-9(10(12)16)14-15-13-8/h2-4H,1H3,(H2,12,16)(H,13,14,15). The highest BCUT2D eigenvalue weighted by Gasteiger charge is 2.16.